The Morgan fingerprint density at radius 3 is 2.32 bits per heavy atom. The van der Waals surface area contributed by atoms with E-state index in [-0.39, 0.29) is 12.2 Å². The summed E-state index contributed by atoms with van der Waals surface area (Å²) >= 11 is 0. The topological polar surface area (TPSA) is 82.1 Å². The fourth-order valence-corrected chi connectivity index (χ4v) is 4.05. The standard InChI is InChI=1S/C28H40O6/c1-5-6-16-32-25-13-11-24(12-14-25)23-9-7-22(8-10-23)18-26(34-27(30)20(2)3)15-17-33-28(31)21(4)19-29/h7-10,24-26,29H,2,4-6,11-19H2,1,3H3. The van der Waals surface area contributed by atoms with Gasteiger partial charge in [0.15, 0.2) is 0 Å². The number of esters is 2. The number of rotatable bonds is 14. The third-order valence-electron chi connectivity index (χ3n) is 6.21. The minimum atomic E-state index is -0.651. The van der Waals surface area contributed by atoms with Crippen LogP contribution in [0.15, 0.2) is 48.6 Å². The molecule has 1 saturated carbocycles. The lowest BCUT2D eigenvalue weighted by molar-refractivity contribution is -0.146. The molecule has 0 aromatic heterocycles. The van der Waals surface area contributed by atoms with Gasteiger partial charge >= 0.3 is 11.9 Å². The third-order valence-corrected chi connectivity index (χ3v) is 6.21. The van der Waals surface area contributed by atoms with E-state index in [1.165, 1.54) is 12.0 Å². The van der Waals surface area contributed by atoms with Crippen LogP contribution in [0.5, 0.6) is 0 Å². The highest BCUT2D eigenvalue weighted by atomic mass is 16.6. The summed E-state index contributed by atoms with van der Waals surface area (Å²) < 4.78 is 16.7. The molecule has 34 heavy (non-hydrogen) atoms. The van der Waals surface area contributed by atoms with E-state index in [0.29, 0.717) is 30.4 Å². The normalized spacial score (nSPS) is 18.7. The summed E-state index contributed by atoms with van der Waals surface area (Å²) in [6.45, 7) is 11.4. The van der Waals surface area contributed by atoms with Crippen LogP contribution >= 0.6 is 0 Å². The first-order valence-electron chi connectivity index (χ1n) is 12.4. The van der Waals surface area contributed by atoms with Gasteiger partial charge in [-0.1, -0.05) is 50.8 Å². The number of benzene rings is 1. The number of unbranched alkanes of at least 4 members (excludes halogenated alkanes) is 1. The predicted octanol–water partition coefficient (Wildman–Crippen LogP) is 5.04. The van der Waals surface area contributed by atoms with E-state index in [0.717, 1.165) is 44.3 Å². The van der Waals surface area contributed by atoms with Crippen molar-refractivity contribution in [3.05, 3.63) is 59.7 Å². The lowest BCUT2D eigenvalue weighted by Gasteiger charge is -2.29. The second-order valence-corrected chi connectivity index (χ2v) is 9.14. The van der Waals surface area contributed by atoms with E-state index in [4.69, 9.17) is 19.3 Å². The number of aliphatic hydroxyl groups is 1. The van der Waals surface area contributed by atoms with Gasteiger partial charge in [0.25, 0.3) is 0 Å². The molecule has 0 heterocycles. The van der Waals surface area contributed by atoms with Crippen LogP contribution in [0.1, 0.15) is 75.8 Å². The first kappa shape index (κ1) is 27.8. The maximum absolute atomic E-state index is 12.1. The van der Waals surface area contributed by atoms with Crippen LogP contribution < -0.4 is 0 Å². The first-order valence-corrected chi connectivity index (χ1v) is 12.4. The van der Waals surface area contributed by atoms with Crippen LogP contribution in [-0.4, -0.2) is 49.1 Å². The van der Waals surface area contributed by atoms with Gasteiger partial charge in [0, 0.05) is 25.0 Å². The van der Waals surface area contributed by atoms with Gasteiger partial charge in [-0.05, 0) is 56.1 Å². The molecule has 0 aliphatic heterocycles. The van der Waals surface area contributed by atoms with Gasteiger partial charge < -0.3 is 19.3 Å². The number of carbonyl (C=O) groups is 2. The number of ether oxygens (including phenoxy) is 3. The average Bonchev–Trinajstić information content (AvgIpc) is 2.84. The summed E-state index contributed by atoms with van der Waals surface area (Å²) in [5, 5.41) is 8.98. The summed E-state index contributed by atoms with van der Waals surface area (Å²) in [5.74, 6) is -0.566. The molecule has 1 aliphatic carbocycles. The molecule has 1 aliphatic rings. The van der Waals surface area contributed by atoms with E-state index in [2.05, 4.69) is 44.3 Å². The molecule has 0 saturated heterocycles. The Bertz CT molecular complexity index is 805. The van der Waals surface area contributed by atoms with Crippen LogP contribution in [0.4, 0.5) is 0 Å². The lowest BCUT2D eigenvalue weighted by Crippen LogP contribution is -2.24. The van der Waals surface area contributed by atoms with Gasteiger partial charge in [0.2, 0.25) is 0 Å². The van der Waals surface area contributed by atoms with E-state index >= 15 is 0 Å². The summed E-state index contributed by atoms with van der Waals surface area (Å²) in [4.78, 5) is 23.8. The van der Waals surface area contributed by atoms with Gasteiger partial charge in [0.1, 0.15) is 6.10 Å². The fourth-order valence-electron chi connectivity index (χ4n) is 4.05. The van der Waals surface area contributed by atoms with Crippen molar-refractivity contribution >= 4 is 11.9 Å². The minimum absolute atomic E-state index is 0.00683. The molecule has 1 unspecified atom stereocenters. The maximum Gasteiger partial charge on any atom is 0.335 e. The highest BCUT2D eigenvalue weighted by Crippen LogP contribution is 2.34. The largest absolute Gasteiger partial charge is 0.462 e. The van der Waals surface area contributed by atoms with Gasteiger partial charge in [-0.3, -0.25) is 0 Å². The van der Waals surface area contributed by atoms with Gasteiger partial charge in [-0.15, -0.1) is 0 Å². The van der Waals surface area contributed by atoms with Gasteiger partial charge in [-0.2, -0.15) is 0 Å². The zero-order chi connectivity index (χ0) is 24.9. The molecule has 1 aromatic carbocycles. The van der Waals surface area contributed by atoms with Crippen LogP contribution in [-0.2, 0) is 30.2 Å². The third kappa shape index (κ3) is 9.43. The second-order valence-electron chi connectivity index (χ2n) is 9.14. The Hall–Kier alpha value is -2.44. The first-order chi connectivity index (χ1) is 16.3. The Kier molecular flexibility index (Phi) is 12.1. The van der Waals surface area contributed by atoms with Crippen LogP contribution in [0.2, 0.25) is 0 Å². The Morgan fingerprint density at radius 1 is 1.06 bits per heavy atom. The van der Waals surface area contributed by atoms with Crippen molar-refractivity contribution in [2.75, 3.05) is 19.8 Å². The van der Waals surface area contributed by atoms with Crippen molar-refractivity contribution in [2.24, 2.45) is 0 Å². The zero-order valence-corrected chi connectivity index (χ0v) is 20.7. The van der Waals surface area contributed by atoms with E-state index < -0.39 is 24.6 Å². The minimum Gasteiger partial charge on any atom is -0.462 e. The fraction of sp³-hybridized carbons (Fsp3) is 0.571. The summed E-state index contributed by atoms with van der Waals surface area (Å²) in [7, 11) is 0. The molecule has 188 valence electrons. The Morgan fingerprint density at radius 2 is 1.74 bits per heavy atom. The highest BCUT2D eigenvalue weighted by Gasteiger charge is 2.23. The van der Waals surface area contributed by atoms with Crippen molar-refractivity contribution in [3.63, 3.8) is 0 Å². The Labute approximate surface area is 204 Å². The average molecular weight is 473 g/mol. The van der Waals surface area contributed by atoms with Gasteiger partial charge in [0.05, 0.1) is 24.9 Å². The van der Waals surface area contributed by atoms with Crippen LogP contribution in [0.25, 0.3) is 0 Å². The van der Waals surface area contributed by atoms with E-state index in [9.17, 15) is 9.59 Å². The molecule has 0 bridgehead atoms. The van der Waals surface area contributed by atoms with Crippen molar-refractivity contribution in [3.8, 4) is 0 Å². The molecule has 6 nitrogen and oxygen atoms in total. The molecule has 6 heteroatoms. The van der Waals surface area contributed by atoms with E-state index in [1.807, 2.05) is 0 Å². The molecule has 0 radical (unpaired) electrons. The Balaban J connectivity index is 1.90. The van der Waals surface area contributed by atoms with Crippen molar-refractivity contribution in [1.29, 1.82) is 0 Å². The molecule has 1 atom stereocenters. The summed E-state index contributed by atoms with van der Waals surface area (Å²) in [6, 6.07) is 8.50. The molecule has 0 spiro atoms. The highest BCUT2D eigenvalue weighted by molar-refractivity contribution is 5.88. The lowest BCUT2D eigenvalue weighted by atomic mass is 9.82. The van der Waals surface area contributed by atoms with E-state index in [1.54, 1.807) is 6.92 Å². The summed E-state index contributed by atoms with van der Waals surface area (Å²) in [6.07, 6.45) is 7.58. The second kappa shape index (κ2) is 14.7. The monoisotopic (exact) mass is 472 g/mol. The summed E-state index contributed by atoms with van der Waals surface area (Å²) in [5.41, 5.74) is 2.70. The number of aliphatic hydroxyl groups excluding tert-OH is 1. The molecule has 0 amide bonds. The van der Waals surface area contributed by atoms with Gasteiger partial charge in [-0.25, -0.2) is 9.59 Å². The number of carbonyl (C=O) groups excluding carboxylic acids is 2. The number of hydrogen-bond acceptors (Lipinski definition) is 6. The molecular formula is C28H40O6. The molecular weight excluding hydrogens is 432 g/mol. The molecule has 1 fully saturated rings. The maximum atomic E-state index is 12.1. The molecule has 1 N–H and O–H groups in total. The smallest absolute Gasteiger partial charge is 0.335 e. The zero-order valence-electron chi connectivity index (χ0n) is 20.7. The quantitative estimate of drug-likeness (QED) is 0.232. The van der Waals surface area contributed by atoms with Crippen molar-refractivity contribution in [2.45, 2.75) is 83.3 Å². The number of hydrogen-bond donors (Lipinski definition) is 1. The molecule has 1 aromatic rings. The van der Waals surface area contributed by atoms with Crippen LogP contribution in [0, 0.1) is 0 Å². The molecule has 2 rings (SSSR count). The predicted molar refractivity (Wildman–Crippen MR) is 132 cm³/mol. The van der Waals surface area contributed by atoms with Crippen molar-refractivity contribution < 1.29 is 28.9 Å². The SMILES string of the molecule is C=C(C)C(=O)OC(CCOC(=O)C(=C)CO)Cc1ccc(C2CCC(OCCCC)CC2)cc1. The van der Waals surface area contributed by atoms with Crippen LogP contribution in [0.3, 0.4) is 0 Å². The van der Waals surface area contributed by atoms with Crippen molar-refractivity contribution in [1.82, 2.24) is 0 Å².